The zero-order valence-corrected chi connectivity index (χ0v) is 9.65. The van der Waals surface area contributed by atoms with Crippen LogP contribution in [0.4, 0.5) is 17.6 Å². The van der Waals surface area contributed by atoms with Crippen molar-refractivity contribution in [2.24, 2.45) is 0 Å². The van der Waals surface area contributed by atoms with E-state index in [4.69, 9.17) is 0 Å². The van der Waals surface area contributed by atoms with Gasteiger partial charge in [-0.15, -0.1) is 0 Å². The molecule has 0 amide bonds. The fourth-order valence-electron chi connectivity index (χ4n) is 1.23. The number of rotatable bonds is 3. The molecule has 0 saturated heterocycles. The topological polar surface area (TPSA) is 20.2 Å². The van der Waals surface area contributed by atoms with Crippen LogP contribution >= 0.6 is 15.9 Å². The van der Waals surface area contributed by atoms with E-state index in [-0.39, 0.29) is 5.56 Å². The lowest BCUT2D eigenvalue weighted by atomic mass is 10.0. The molecule has 0 aliphatic carbocycles. The van der Waals surface area contributed by atoms with Crippen molar-refractivity contribution in [3.8, 4) is 0 Å². The molecule has 0 aliphatic heterocycles. The molecule has 0 bridgehead atoms. The van der Waals surface area contributed by atoms with Crippen molar-refractivity contribution in [1.82, 2.24) is 0 Å². The van der Waals surface area contributed by atoms with E-state index in [9.17, 15) is 22.7 Å². The van der Waals surface area contributed by atoms with Crippen LogP contribution in [0.3, 0.4) is 0 Å². The molecule has 0 fully saturated rings. The zero-order valence-electron chi connectivity index (χ0n) is 8.06. The third kappa shape index (κ3) is 4.09. The van der Waals surface area contributed by atoms with Gasteiger partial charge < -0.3 is 5.11 Å². The van der Waals surface area contributed by atoms with Crippen molar-refractivity contribution in [3.63, 3.8) is 0 Å². The lowest BCUT2D eigenvalue weighted by Gasteiger charge is -2.13. The molecule has 1 aromatic rings. The molecule has 90 valence electrons. The zero-order chi connectivity index (χ0) is 12.3. The molecule has 1 atom stereocenters. The second kappa shape index (κ2) is 5.14. The summed E-state index contributed by atoms with van der Waals surface area (Å²) in [7, 11) is 0. The molecule has 0 saturated carbocycles. The Morgan fingerprint density at radius 1 is 1.31 bits per heavy atom. The van der Waals surface area contributed by atoms with Crippen LogP contribution in [0.1, 0.15) is 24.5 Å². The summed E-state index contributed by atoms with van der Waals surface area (Å²) in [6.07, 6.45) is -7.47. The maximum atomic E-state index is 13.2. The minimum Gasteiger partial charge on any atom is -0.388 e. The number of halogens is 5. The molecule has 6 heteroatoms. The van der Waals surface area contributed by atoms with Crippen LogP contribution in [0.15, 0.2) is 22.7 Å². The third-order valence-corrected chi connectivity index (χ3v) is 2.51. The normalized spacial score (nSPS) is 13.9. The Bertz CT molecular complexity index is 364. The van der Waals surface area contributed by atoms with E-state index < -0.39 is 30.9 Å². The average molecular weight is 301 g/mol. The third-order valence-electron chi connectivity index (χ3n) is 2.02. The van der Waals surface area contributed by atoms with Crippen molar-refractivity contribution >= 4 is 15.9 Å². The first-order chi connectivity index (χ1) is 7.29. The molecule has 16 heavy (non-hydrogen) atoms. The maximum absolute atomic E-state index is 13.2. The summed E-state index contributed by atoms with van der Waals surface area (Å²) in [5.41, 5.74) is -0.126. The van der Waals surface area contributed by atoms with Gasteiger partial charge >= 0.3 is 6.18 Å². The summed E-state index contributed by atoms with van der Waals surface area (Å²) in [6, 6.07) is 3.78. The summed E-state index contributed by atoms with van der Waals surface area (Å²) < 4.78 is 49.4. The lowest BCUT2D eigenvalue weighted by Crippen LogP contribution is -2.10. The second-order valence-electron chi connectivity index (χ2n) is 3.34. The van der Waals surface area contributed by atoms with E-state index >= 15 is 0 Å². The highest BCUT2D eigenvalue weighted by molar-refractivity contribution is 9.10. The van der Waals surface area contributed by atoms with Gasteiger partial charge in [0.25, 0.3) is 0 Å². The maximum Gasteiger partial charge on any atom is 0.389 e. The average Bonchev–Trinajstić information content (AvgIpc) is 2.17. The van der Waals surface area contributed by atoms with E-state index in [2.05, 4.69) is 15.9 Å². The number of hydrogen-bond acceptors (Lipinski definition) is 1. The van der Waals surface area contributed by atoms with Gasteiger partial charge in [-0.1, -0.05) is 15.9 Å². The van der Waals surface area contributed by atoms with Crippen LogP contribution in [0.2, 0.25) is 0 Å². The van der Waals surface area contributed by atoms with Crippen LogP contribution in [-0.4, -0.2) is 11.3 Å². The van der Waals surface area contributed by atoms with E-state index in [0.29, 0.717) is 4.47 Å². The molecular weight excluding hydrogens is 292 g/mol. The number of aliphatic hydroxyl groups is 1. The highest BCUT2D eigenvalue weighted by Crippen LogP contribution is 2.29. The van der Waals surface area contributed by atoms with Crippen molar-refractivity contribution in [3.05, 3.63) is 34.1 Å². The molecule has 0 aliphatic rings. The molecule has 1 unspecified atom stereocenters. The minimum absolute atomic E-state index is 0.126. The van der Waals surface area contributed by atoms with E-state index in [1.54, 1.807) is 0 Å². The van der Waals surface area contributed by atoms with Crippen LogP contribution in [0, 0.1) is 5.82 Å². The second-order valence-corrected chi connectivity index (χ2v) is 4.25. The predicted octanol–water partition coefficient (Wildman–Crippen LogP) is 3.96. The smallest absolute Gasteiger partial charge is 0.388 e. The number of aliphatic hydroxyl groups excluding tert-OH is 1. The fraction of sp³-hybridized carbons (Fsp3) is 0.400. The predicted molar refractivity (Wildman–Crippen MR) is 54.3 cm³/mol. The Kier molecular flexibility index (Phi) is 4.32. The van der Waals surface area contributed by atoms with Crippen LogP contribution in [-0.2, 0) is 0 Å². The van der Waals surface area contributed by atoms with E-state index in [1.807, 2.05) is 0 Å². The summed E-state index contributed by atoms with van der Waals surface area (Å²) in [5, 5.41) is 9.43. The highest BCUT2D eigenvalue weighted by Gasteiger charge is 2.28. The van der Waals surface area contributed by atoms with Gasteiger partial charge in [-0.05, 0) is 24.6 Å². The van der Waals surface area contributed by atoms with E-state index in [1.165, 1.54) is 12.1 Å². The molecule has 0 radical (unpaired) electrons. The number of benzene rings is 1. The molecule has 0 spiro atoms. The van der Waals surface area contributed by atoms with E-state index in [0.717, 1.165) is 6.07 Å². The summed E-state index contributed by atoms with van der Waals surface area (Å²) >= 11 is 3.06. The quantitative estimate of drug-likeness (QED) is 0.838. The molecular formula is C10H9BrF4O. The minimum atomic E-state index is -4.34. The Labute approximate surface area is 98.2 Å². The summed E-state index contributed by atoms with van der Waals surface area (Å²) in [6.45, 7) is 0. The summed E-state index contributed by atoms with van der Waals surface area (Å²) in [5.74, 6) is -0.710. The van der Waals surface area contributed by atoms with Crippen LogP contribution in [0.5, 0.6) is 0 Å². The fourth-order valence-corrected chi connectivity index (χ4v) is 1.60. The van der Waals surface area contributed by atoms with Crippen molar-refractivity contribution in [2.75, 3.05) is 0 Å². The molecule has 1 rings (SSSR count). The molecule has 1 N–H and O–H groups in total. The van der Waals surface area contributed by atoms with Gasteiger partial charge in [0.1, 0.15) is 5.82 Å². The SMILES string of the molecule is OC(CCC(F)(F)F)c1cc(Br)ccc1F. The first-order valence-corrected chi connectivity index (χ1v) is 5.28. The van der Waals surface area contributed by atoms with Gasteiger partial charge in [0.15, 0.2) is 0 Å². The van der Waals surface area contributed by atoms with Gasteiger partial charge in [-0.25, -0.2) is 4.39 Å². The Morgan fingerprint density at radius 2 is 1.94 bits per heavy atom. The van der Waals surface area contributed by atoms with Gasteiger partial charge in [0.2, 0.25) is 0 Å². The Balaban J connectivity index is 2.73. The molecule has 0 heterocycles. The number of alkyl halides is 3. The number of hydrogen-bond donors (Lipinski definition) is 1. The van der Waals surface area contributed by atoms with Crippen LogP contribution < -0.4 is 0 Å². The molecule has 0 aromatic heterocycles. The van der Waals surface area contributed by atoms with Gasteiger partial charge in [-0.2, -0.15) is 13.2 Å². The lowest BCUT2D eigenvalue weighted by molar-refractivity contribution is -0.140. The van der Waals surface area contributed by atoms with Gasteiger partial charge in [0.05, 0.1) is 6.10 Å². The highest BCUT2D eigenvalue weighted by atomic mass is 79.9. The largest absolute Gasteiger partial charge is 0.389 e. The van der Waals surface area contributed by atoms with Crippen molar-refractivity contribution in [1.29, 1.82) is 0 Å². The van der Waals surface area contributed by atoms with Crippen molar-refractivity contribution in [2.45, 2.75) is 25.1 Å². The standard InChI is InChI=1S/C10H9BrF4O/c11-6-1-2-8(12)7(5-6)9(16)3-4-10(13,14)15/h1-2,5,9,16H,3-4H2. The first-order valence-electron chi connectivity index (χ1n) is 4.49. The first kappa shape index (κ1) is 13.4. The van der Waals surface area contributed by atoms with Crippen LogP contribution in [0.25, 0.3) is 0 Å². The molecule has 1 nitrogen and oxygen atoms in total. The molecule has 1 aromatic carbocycles. The summed E-state index contributed by atoms with van der Waals surface area (Å²) in [4.78, 5) is 0. The Hall–Kier alpha value is -0.620. The monoisotopic (exact) mass is 300 g/mol. The van der Waals surface area contributed by atoms with Gasteiger partial charge in [-0.3, -0.25) is 0 Å². The van der Waals surface area contributed by atoms with Crippen molar-refractivity contribution < 1.29 is 22.7 Å². The van der Waals surface area contributed by atoms with Gasteiger partial charge in [0, 0.05) is 16.5 Å². The Morgan fingerprint density at radius 3 is 2.50 bits per heavy atom.